The van der Waals surface area contributed by atoms with E-state index in [-0.39, 0.29) is 5.54 Å². The predicted octanol–water partition coefficient (Wildman–Crippen LogP) is 4.51. The molecule has 0 saturated heterocycles. The number of hydrogen-bond donors (Lipinski definition) is 1. The van der Waals surface area contributed by atoms with Crippen molar-refractivity contribution in [2.45, 2.75) is 66.0 Å². The van der Waals surface area contributed by atoms with E-state index in [0.29, 0.717) is 0 Å². The average Bonchev–Trinajstić information content (AvgIpc) is 2.35. The van der Waals surface area contributed by atoms with Gasteiger partial charge in [0.05, 0.1) is 0 Å². The zero-order chi connectivity index (χ0) is 15.2. The first kappa shape index (κ1) is 17.0. The Morgan fingerprint density at radius 3 is 2.45 bits per heavy atom. The quantitative estimate of drug-likeness (QED) is 0.737. The van der Waals surface area contributed by atoms with E-state index in [0.717, 1.165) is 13.1 Å². The molecule has 0 heterocycles. The molecule has 1 aromatic rings. The molecule has 0 aromatic heterocycles. The number of unbranched alkanes of at least 4 members (excludes halogenated alkanes) is 2. The number of anilines is 1. The van der Waals surface area contributed by atoms with E-state index >= 15 is 0 Å². The predicted molar refractivity (Wildman–Crippen MR) is 90.6 cm³/mol. The minimum Gasteiger partial charge on any atom is -0.374 e. The molecule has 0 atom stereocenters. The maximum atomic E-state index is 3.60. The molecule has 0 aliphatic rings. The van der Waals surface area contributed by atoms with Gasteiger partial charge in [0.2, 0.25) is 0 Å². The summed E-state index contributed by atoms with van der Waals surface area (Å²) in [7, 11) is 2.21. The van der Waals surface area contributed by atoms with E-state index < -0.39 is 0 Å². The van der Waals surface area contributed by atoms with Crippen LogP contribution in [0.2, 0.25) is 0 Å². The first-order chi connectivity index (χ1) is 9.33. The van der Waals surface area contributed by atoms with Gasteiger partial charge in [-0.1, -0.05) is 37.5 Å². The lowest BCUT2D eigenvalue weighted by molar-refractivity contribution is 0.424. The Hall–Kier alpha value is -1.02. The molecule has 0 amide bonds. The molecule has 0 spiro atoms. The molecule has 0 aliphatic heterocycles. The lowest BCUT2D eigenvalue weighted by Gasteiger charge is -2.26. The zero-order valence-corrected chi connectivity index (χ0v) is 14.2. The minimum atomic E-state index is 0.155. The lowest BCUT2D eigenvalue weighted by atomic mass is 10.0. The Balaban J connectivity index is 2.78. The topological polar surface area (TPSA) is 15.3 Å². The highest BCUT2D eigenvalue weighted by Crippen LogP contribution is 2.22. The van der Waals surface area contributed by atoms with Crippen LogP contribution >= 0.6 is 0 Å². The Labute approximate surface area is 125 Å². The van der Waals surface area contributed by atoms with Crippen molar-refractivity contribution in [3.05, 3.63) is 29.3 Å². The van der Waals surface area contributed by atoms with Crippen molar-refractivity contribution in [1.29, 1.82) is 0 Å². The van der Waals surface area contributed by atoms with E-state index in [1.165, 1.54) is 36.1 Å². The largest absolute Gasteiger partial charge is 0.374 e. The molecule has 1 N–H and O–H groups in total. The molecular formula is C18H32N2. The second kappa shape index (κ2) is 7.68. The van der Waals surface area contributed by atoms with Crippen LogP contribution in [0.5, 0.6) is 0 Å². The smallest absolute Gasteiger partial charge is 0.0409 e. The Morgan fingerprint density at radius 2 is 1.85 bits per heavy atom. The molecule has 0 bridgehead atoms. The van der Waals surface area contributed by atoms with E-state index in [9.17, 15) is 0 Å². The monoisotopic (exact) mass is 276 g/mol. The number of aryl methyl sites for hydroxylation is 1. The van der Waals surface area contributed by atoms with Crippen LogP contribution in [0.25, 0.3) is 0 Å². The third kappa shape index (κ3) is 5.96. The lowest BCUT2D eigenvalue weighted by Crippen LogP contribution is -2.35. The van der Waals surface area contributed by atoms with Crippen molar-refractivity contribution in [1.82, 2.24) is 5.32 Å². The van der Waals surface area contributed by atoms with Gasteiger partial charge in [-0.15, -0.1) is 0 Å². The van der Waals surface area contributed by atoms with Gasteiger partial charge in [-0.25, -0.2) is 0 Å². The van der Waals surface area contributed by atoms with E-state index in [1.807, 2.05) is 0 Å². The van der Waals surface area contributed by atoms with Crippen LogP contribution in [-0.4, -0.2) is 19.1 Å². The fraction of sp³-hybridized carbons (Fsp3) is 0.667. The number of rotatable bonds is 7. The van der Waals surface area contributed by atoms with Crippen molar-refractivity contribution in [2.75, 3.05) is 18.5 Å². The average molecular weight is 276 g/mol. The van der Waals surface area contributed by atoms with Gasteiger partial charge >= 0.3 is 0 Å². The molecule has 1 rings (SSSR count). The molecule has 0 saturated carbocycles. The van der Waals surface area contributed by atoms with Gasteiger partial charge in [-0.05, 0) is 45.7 Å². The van der Waals surface area contributed by atoms with Crippen LogP contribution in [0.3, 0.4) is 0 Å². The van der Waals surface area contributed by atoms with Crippen LogP contribution in [-0.2, 0) is 6.54 Å². The summed E-state index contributed by atoms with van der Waals surface area (Å²) in [5.41, 5.74) is 4.26. The van der Waals surface area contributed by atoms with Gasteiger partial charge in [0.15, 0.2) is 0 Å². The van der Waals surface area contributed by atoms with Gasteiger partial charge < -0.3 is 10.2 Å². The maximum absolute atomic E-state index is 3.60. The summed E-state index contributed by atoms with van der Waals surface area (Å²) in [5.74, 6) is 0. The maximum Gasteiger partial charge on any atom is 0.0409 e. The van der Waals surface area contributed by atoms with Gasteiger partial charge in [-0.3, -0.25) is 0 Å². The first-order valence-electron chi connectivity index (χ1n) is 7.89. The third-order valence-corrected chi connectivity index (χ3v) is 3.55. The van der Waals surface area contributed by atoms with Gasteiger partial charge in [0.25, 0.3) is 0 Å². The van der Waals surface area contributed by atoms with Crippen molar-refractivity contribution in [3.8, 4) is 0 Å². The molecule has 20 heavy (non-hydrogen) atoms. The number of benzene rings is 1. The first-order valence-corrected chi connectivity index (χ1v) is 7.89. The highest BCUT2D eigenvalue weighted by Gasteiger charge is 2.12. The fourth-order valence-corrected chi connectivity index (χ4v) is 2.31. The minimum absolute atomic E-state index is 0.155. The molecule has 0 aliphatic carbocycles. The summed E-state index contributed by atoms with van der Waals surface area (Å²) in [6.45, 7) is 13.1. The summed E-state index contributed by atoms with van der Waals surface area (Å²) < 4.78 is 0. The normalized spacial score (nSPS) is 11.7. The summed E-state index contributed by atoms with van der Waals surface area (Å²) in [6.07, 6.45) is 3.86. The SMILES string of the molecule is CCCCCN(C)c1ccc(C)cc1CNC(C)(C)C. The van der Waals surface area contributed by atoms with Gasteiger partial charge in [0.1, 0.15) is 0 Å². The fourth-order valence-electron chi connectivity index (χ4n) is 2.31. The Morgan fingerprint density at radius 1 is 1.15 bits per heavy atom. The molecule has 0 unspecified atom stereocenters. The number of nitrogens with one attached hydrogen (secondary N) is 1. The number of hydrogen-bond acceptors (Lipinski definition) is 2. The highest BCUT2D eigenvalue weighted by molar-refractivity contribution is 5.54. The van der Waals surface area contributed by atoms with Crippen LogP contribution in [0.1, 0.15) is 58.1 Å². The summed E-state index contributed by atoms with van der Waals surface area (Å²) >= 11 is 0. The van der Waals surface area contributed by atoms with Crippen molar-refractivity contribution in [2.24, 2.45) is 0 Å². The molecule has 114 valence electrons. The second-order valence-electron chi connectivity index (χ2n) is 6.86. The molecule has 2 heteroatoms. The Kier molecular flexibility index (Phi) is 6.54. The van der Waals surface area contributed by atoms with Crippen LogP contribution < -0.4 is 10.2 Å². The zero-order valence-electron chi connectivity index (χ0n) is 14.2. The second-order valence-corrected chi connectivity index (χ2v) is 6.86. The van der Waals surface area contributed by atoms with Crippen molar-refractivity contribution < 1.29 is 0 Å². The van der Waals surface area contributed by atoms with E-state index in [2.05, 4.69) is 70.1 Å². The van der Waals surface area contributed by atoms with Crippen LogP contribution in [0.15, 0.2) is 18.2 Å². The van der Waals surface area contributed by atoms with E-state index in [4.69, 9.17) is 0 Å². The third-order valence-electron chi connectivity index (χ3n) is 3.55. The molecular weight excluding hydrogens is 244 g/mol. The highest BCUT2D eigenvalue weighted by atomic mass is 15.1. The molecule has 0 fully saturated rings. The summed E-state index contributed by atoms with van der Waals surface area (Å²) in [6, 6.07) is 6.79. The van der Waals surface area contributed by atoms with Gasteiger partial charge in [-0.2, -0.15) is 0 Å². The van der Waals surface area contributed by atoms with E-state index in [1.54, 1.807) is 0 Å². The molecule has 1 aromatic carbocycles. The molecule has 0 radical (unpaired) electrons. The van der Waals surface area contributed by atoms with Crippen molar-refractivity contribution in [3.63, 3.8) is 0 Å². The molecule has 2 nitrogen and oxygen atoms in total. The standard InChI is InChI=1S/C18H32N2/c1-7-8-9-12-20(6)17-11-10-15(2)13-16(17)14-19-18(3,4)5/h10-11,13,19H,7-9,12,14H2,1-6H3. The van der Waals surface area contributed by atoms with Crippen LogP contribution in [0.4, 0.5) is 5.69 Å². The summed E-state index contributed by atoms with van der Waals surface area (Å²) in [4.78, 5) is 2.40. The van der Waals surface area contributed by atoms with Crippen LogP contribution in [0, 0.1) is 6.92 Å². The Bertz CT molecular complexity index is 404. The summed E-state index contributed by atoms with van der Waals surface area (Å²) in [5, 5.41) is 3.60. The number of nitrogens with zero attached hydrogens (tertiary/aromatic N) is 1. The van der Waals surface area contributed by atoms with Gasteiger partial charge in [0, 0.05) is 31.4 Å². The van der Waals surface area contributed by atoms with Crippen molar-refractivity contribution >= 4 is 5.69 Å².